The molecule has 8 heteroatoms. The molecule has 2 rings (SSSR count). The number of nitrogens with zero attached hydrogens (tertiary/aromatic N) is 2. The lowest BCUT2D eigenvalue weighted by molar-refractivity contribution is 0.164. The van der Waals surface area contributed by atoms with Gasteiger partial charge in [0.2, 0.25) is 0 Å². The van der Waals surface area contributed by atoms with Crippen molar-refractivity contribution in [3.63, 3.8) is 0 Å². The van der Waals surface area contributed by atoms with Crippen molar-refractivity contribution in [2.75, 3.05) is 6.54 Å². The smallest absolute Gasteiger partial charge is 0.330 e. The summed E-state index contributed by atoms with van der Waals surface area (Å²) in [6.45, 7) is -0.0994. The van der Waals surface area contributed by atoms with Crippen LogP contribution in [0, 0.1) is 11.6 Å². The van der Waals surface area contributed by atoms with Gasteiger partial charge < -0.3 is 15.0 Å². The normalized spacial score (nSPS) is 12.4. The van der Waals surface area contributed by atoms with Crippen LogP contribution in [0.2, 0.25) is 0 Å². The molecule has 1 aromatic carbocycles. The molecule has 0 saturated heterocycles. The highest BCUT2D eigenvalue weighted by molar-refractivity contribution is 5.22. The fourth-order valence-electron chi connectivity index (χ4n) is 2.28. The third-order valence-corrected chi connectivity index (χ3v) is 3.50. The Labute approximate surface area is 130 Å². The minimum atomic E-state index is -1.40. The van der Waals surface area contributed by atoms with Crippen molar-refractivity contribution in [2.24, 2.45) is 14.1 Å². The Kier molecular flexibility index (Phi) is 5.07. The first kappa shape index (κ1) is 17.0. The van der Waals surface area contributed by atoms with Crippen LogP contribution >= 0.6 is 0 Å². The fraction of sp³-hybridized carbons (Fsp3) is 0.333. The first-order valence-corrected chi connectivity index (χ1v) is 6.91. The van der Waals surface area contributed by atoms with Crippen LogP contribution in [0.25, 0.3) is 0 Å². The maximum atomic E-state index is 13.5. The Bertz CT molecular complexity index is 809. The monoisotopic (exact) mass is 325 g/mol. The zero-order valence-corrected chi connectivity index (χ0v) is 12.7. The van der Waals surface area contributed by atoms with Crippen LogP contribution in [0.1, 0.15) is 17.2 Å². The zero-order chi connectivity index (χ0) is 17.1. The molecule has 0 radical (unpaired) electrons. The molecule has 1 aromatic heterocycles. The van der Waals surface area contributed by atoms with Gasteiger partial charge in [0.05, 0.1) is 11.7 Å². The number of halogens is 2. The van der Waals surface area contributed by atoms with E-state index in [0.29, 0.717) is 5.56 Å². The standard InChI is InChI=1S/C15H17F2N3O3/c1-19-8-9(14(22)20(2)15(19)23)6-18-7-12(21)13-10(16)4-3-5-11(13)17/h3-5,8,12,18,21H,6-7H2,1-2H3. The summed E-state index contributed by atoms with van der Waals surface area (Å²) < 4.78 is 29.3. The highest BCUT2D eigenvalue weighted by atomic mass is 19.1. The minimum Gasteiger partial charge on any atom is -0.387 e. The molecule has 0 fully saturated rings. The van der Waals surface area contributed by atoms with Gasteiger partial charge in [-0.05, 0) is 12.1 Å². The van der Waals surface area contributed by atoms with Gasteiger partial charge in [0.15, 0.2) is 0 Å². The van der Waals surface area contributed by atoms with Gasteiger partial charge in [0.25, 0.3) is 5.56 Å². The number of hydrogen-bond acceptors (Lipinski definition) is 4. The molecule has 0 aliphatic rings. The highest BCUT2D eigenvalue weighted by Gasteiger charge is 2.17. The molecule has 6 nitrogen and oxygen atoms in total. The van der Waals surface area contributed by atoms with Crippen molar-refractivity contribution in [1.82, 2.24) is 14.5 Å². The molecule has 23 heavy (non-hydrogen) atoms. The topological polar surface area (TPSA) is 76.3 Å². The molecule has 2 aromatic rings. The molecule has 1 heterocycles. The Hall–Kier alpha value is -2.32. The summed E-state index contributed by atoms with van der Waals surface area (Å²) >= 11 is 0. The molecule has 2 N–H and O–H groups in total. The van der Waals surface area contributed by atoms with Crippen LogP contribution < -0.4 is 16.6 Å². The summed E-state index contributed by atoms with van der Waals surface area (Å²) in [5.74, 6) is -1.67. The molecule has 0 aliphatic heterocycles. The lowest BCUT2D eigenvalue weighted by atomic mass is 10.1. The summed E-state index contributed by atoms with van der Waals surface area (Å²) in [7, 11) is 2.87. The summed E-state index contributed by atoms with van der Waals surface area (Å²) in [5, 5.41) is 12.7. The number of aryl methyl sites for hydroxylation is 1. The van der Waals surface area contributed by atoms with E-state index in [1.807, 2.05) is 0 Å². The van der Waals surface area contributed by atoms with Crippen LogP contribution in [-0.2, 0) is 20.6 Å². The van der Waals surface area contributed by atoms with E-state index in [1.165, 1.54) is 30.9 Å². The Morgan fingerprint density at radius 2 is 1.83 bits per heavy atom. The van der Waals surface area contributed by atoms with E-state index in [9.17, 15) is 23.5 Å². The minimum absolute atomic E-state index is 0.0495. The molecule has 0 aliphatic carbocycles. The number of hydrogen-bond donors (Lipinski definition) is 2. The number of aromatic nitrogens is 2. The first-order chi connectivity index (χ1) is 10.8. The van der Waals surface area contributed by atoms with Gasteiger partial charge in [-0.1, -0.05) is 6.07 Å². The number of rotatable bonds is 5. The average molecular weight is 325 g/mol. The number of nitrogens with one attached hydrogen (secondary N) is 1. The van der Waals surface area contributed by atoms with Gasteiger partial charge >= 0.3 is 5.69 Å². The molecule has 1 atom stereocenters. The Morgan fingerprint density at radius 3 is 2.43 bits per heavy atom. The van der Waals surface area contributed by atoms with E-state index < -0.39 is 34.6 Å². The van der Waals surface area contributed by atoms with Crippen molar-refractivity contribution >= 4 is 0 Å². The molecule has 0 saturated carbocycles. The fourth-order valence-corrected chi connectivity index (χ4v) is 2.28. The number of benzene rings is 1. The number of aliphatic hydroxyl groups excluding tert-OH is 1. The van der Waals surface area contributed by atoms with Gasteiger partial charge in [-0.3, -0.25) is 9.36 Å². The number of aliphatic hydroxyl groups is 1. The molecule has 1 unspecified atom stereocenters. The third kappa shape index (κ3) is 3.54. The van der Waals surface area contributed by atoms with E-state index in [1.54, 1.807) is 0 Å². The van der Waals surface area contributed by atoms with E-state index in [-0.39, 0.29) is 13.1 Å². The van der Waals surface area contributed by atoms with Gasteiger partial charge in [0.1, 0.15) is 11.6 Å². The lowest BCUT2D eigenvalue weighted by Gasteiger charge is -2.14. The highest BCUT2D eigenvalue weighted by Crippen LogP contribution is 2.19. The second kappa shape index (κ2) is 6.84. The zero-order valence-electron chi connectivity index (χ0n) is 12.7. The second-order valence-electron chi connectivity index (χ2n) is 5.19. The summed E-state index contributed by atoms with van der Waals surface area (Å²) in [4.78, 5) is 23.5. The average Bonchev–Trinajstić information content (AvgIpc) is 2.50. The molecular weight excluding hydrogens is 308 g/mol. The van der Waals surface area contributed by atoms with Crippen molar-refractivity contribution in [2.45, 2.75) is 12.6 Å². The van der Waals surface area contributed by atoms with E-state index in [0.717, 1.165) is 16.7 Å². The predicted octanol–water partition coefficient (Wildman–Crippen LogP) is 0.185. The van der Waals surface area contributed by atoms with Crippen molar-refractivity contribution in [3.05, 3.63) is 68.0 Å². The van der Waals surface area contributed by atoms with E-state index >= 15 is 0 Å². The predicted molar refractivity (Wildman–Crippen MR) is 79.9 cm³/mol. The van der Waals surface area contributed by atoms with Gasteiger partial charge in [-0.25, -0.2) is 13.6 Å². The SMILES string of the molecule is Cn1cc(CNCC(O)c2c(F)cccc2F)c(=O)n(C)c1=O. The lowest BCUT2D eigenvalue weighted by Crippen LogP contribution is -2.39. The van der Waals surface area contributed by atoms with Gasteiger partial charge in [0, 0.05) is 38.9 Å². The first-order valence-electron chi connectivity index (χ1n) is 6.91. The van der Waals surface area contributed by atoms with Crippen LogP contribution in [0.5, 0.6) is 0 Å². The molecule has 124 valence electrons. The summed E-state index contributed by atoms with van der Waals surface area (Å²) in [5.41, 5.74) is -1.04. The largest absolute Gasteiger partial charge is 0.387 e. The van der Waals surface area contributed by atoms with E-state index in [4.69, 9.17) is 0 Å². The molecule has 0 amide bonds. The van der Waals surface area contributed by atoms with Crippen LogP contribution in [0.4, 0.5) is 8.78 Å². The van der Waals surface area contributed by atoms with Gasteiger partial charge in [-0.15, -0.1) is 0 Å². The summed E-state index contributed by atoms with van der Waals surface area (Å²) in [6, 6.07) is 3.33. The third-order valence-electron chi connectivity index (χ3n) is 3.50. The maximum Gasteiger partial charge on any atom is 0.330 e. The summed E-state index contributed by atoms with van der Waals surface area (Å²) in [6.07, 6.45) is -0.0131. The van der Waals surface area contributed by atoms with Crippen molar-refractivity contribution < 1.29 is 13.9 Å². The van der Waals surface area contributed by atoms with Crippen LogP contribution in [0.15, 0.2) is 34.0 Å². The van der Waals surface area contributed by atoms with Crippen LogP contribution in [0.3, 0.4) is 0 Å². The maximum absolute atomic E-state index is 13.5. The van der Waals surface area contributed by atoms with E-state index in [2.05, 4.69) is 5.32 Å². The molecule has 0 spiro atoms. The van der Waals surface area contributed by atoms with Crippen molar-refractivity contribution in [3.8, 4) is 0 Å². The van der Waals surface area contributed by atoms with Crippen LogP contribution in [-0.4, -0.2) is 20.8 Å². The Balaban J connectivity index is 2.09. The van der Waals surface area contributed by atoms with Gasteiger partial charge in [-0.2, -0.15) is 0 Å². The Morgan fingerprint density at radius 1 is 1.22 bits per heavy atom. The quantitative estimate of drug-likeness (QED) is 0.823. The molecule has 0 bridgehead atoms. The molecular formula is C15H17F2N3O3. The van der Waals surface area contributed by atoms with Crippen molar-refractivity contribution in [1.29, 1.82) is 0 Å². The second-order valence-corrected chi connectivity index (χ2v) is 5.19.